The van der Waals surface area contributed by atoms with Crippen LogP contribution in [-0.4, -0.2) is 128 Å². The van der Waals surface area contributed by atoms with Crippen LogP contribution in [0.2, 0.25) is 0 Å². The number of esters is 3. The molecule has 0 unspecified atom stereocenters. The first-order chi connectivity index (χ1) is 29.3. The number of Topliss-reactive ketones (excluding diaryl/α,β-unsaturated/α-hetero) is 2. The van der Waals surface area contributed by atoms with Crippen molar-refractivity contribution in [2.45, 2.75) is 181 Å². The summed E-state index contributed by atoms with van der Waals surface area (Å²) >= 11 is 0. The topological polar surface area (TPSA) is 190 Å². The number of nitrogens with zero attached hydrogens (tertiary/aromatic N) is 1. The maximum Gasteiger partial charge on any atom is 0.329 e. The Labute approximate surface area is 367 Å². The van der Waals surface area contributed by atoms with Crippen LogP contribution in [0.25, 0.3) is 0 Å². The van der Waals surface area contributed by atoms with E-state index >= 15 is 0 Å². The molecule has 4 rings (SSSR count). The number of piperidine rings is 1. The van der Waals surface area contributed by atoms with E-state index in [-0.39, 0.29) is 49.5 Å². The molecule has 1 aliphatic carbocycles. The van der Waals surface area contributed by atoms with Crippen molar-refractivity contribution in [3.8, 4) is 0 Å². The highest BCUT2D eigenvalue weighted by Crippen LogP contribution is 2.39. The highest BCUT2D eigenvalue weighted by molar-refractivity contribution is 6.39. The lowest BCUT2D eigenvalue weighted by Gasteiger charge is -2.47. The van der Waals surface area contributed by atoms with Gasteiger partial charge >= 0.3 is 17.9 Å². The Kier molecular flexibility index (Phi) is 18.9. The van der Waals surface area contributed by atoms with Gasteiger partial charge in [-0.2, -0.15) is 0 Å². The van der Waals surface area contributed by atoms with Crippen LogP contribution in [-0.2, 0) is 61.9 Å². The number of ketones is 2. The molecule has 4 aliphatic rings. The smallest absolute Gasteiger partial charge is 0.329 e. The number of allylic oxidation sites excluding steroid dienone is 3. The third-order valence-corrected chi connectivity index (χ3v) is 13.5. The van der Waals surface area contributed by atoms with Crippen LogP contribution in [0.15, 0.2) is 23.3 Å². The van der Waals surface area contributed by atoms with Gasteiger partial charge in [0.2, 0.25) is 5.79 Å². The molecule has 3 fully saturated rings. The SMILES string of the molecule is CC[C@@H]1/C=C(\C)C[C@H](C)C[C@H](OC)[C@H]2O[C@@](O)(C(=O)C(=O)N3CCCC[C@H]3C(=O)O[C@H](/C(C)=C/[C@@H]3CC[C@@H](OC(C)=O)[C@H](OC)C3)[C@H](C)[C@H](OC(C)=O)CC1=O)[C@H](C)C[C@@H]2OC. The lowest BCUT2D eigenvalue weighted by atomic mass is 9.81. The van der Waals surface area contributed by atoms with E-state index in [1.54, 1.807) is 21.0 Å². The summed E-state index contributed by atoms with van der Waals surface area (Å²) in [6.07, 6.45) is 3.61. The molecule has 0 aromatic heterocycles. The zero-order chi connectivity index (χ0) is 46.1. The Morgan fingerprint density at radius 3 is 2.08 bits per heavy atom. The third kappa shape index (κ3) is 12.6. The average molecular weight is 876 g/mol. The predicted octanol–water partition coefficient (Wildman–Crippen LogP) is 5.61. The number of hydrogen-bond acceptors (Lipinski definition) is 14. The van der Waals surface area contributed by atoms with Gasteiger partial charge in [-0.1, -0.05) is 45.4 Å². The van der Waals surface area contributed by atoms with Crippen LogP contribution in [0, 0.1) is 29.6 Å². The minimum absolute atomic E-state index is 0.00119. The fraction of sp³-hybridized carbons (Fsp3) is 0.787. The number of fused-ring (bicyclic) bond motifs is 3. The van der Waals surface area contributed by atoms with Gasteiger partial charge in [-0.05, 0) is 95.5 Å². The fourth-order valence-electron chi connectivity index (χ4n) is 10.1. The molecule has 3 heterocycles. The number of ether oxygens (including phenoxy) is 7. The standard InChI is InChI=1S/C47H73NO14/c1-12-34-20-26(2)19-27(3)21-40(57-10)43-41(58-11)23-29(5)47(55,62-43)44(52)45(53)48-18-14-13-15-35(48)46(54)61-42(30(6)38(25-36(34)51)60-32(8)50)28(4)22-33-16-17-37(59-31(7)49)39(24-33)56-9/h20,22,27,29-30,33-35,37-43,55H,12-19,21,23-25H2,1-11H3/b26-20+,28-22+/t27-,29+,30+,33-,34+,35-,37+,38+,39+,40-,41-,42+,43+,47+/m0/s1. The highest BCUT2D eigenvalue weighted by Gasteiger charge is 2.56. The summed E-state index contributed by atoms with van der Waals surface area (Å²) in [5.41, 5.74) is 1.60. The molecular weight excluding hydrogens is 803 g/mol. The van der Waals surface area contributed by atoms with Crippen molar-refractivity contribution < 1.29 is 67.0 Å². The zero-order valence-corrected chi connectivity index (χ0v) is 38.8. The van der Waals surface area contributed by atoms with E-state index in [1.807, 2.05) is 39.8 Å². The minimum atomic E-state index is -2.53. The number of cyclic esters (lactones) is 1. The summed E-state index contributed by atoms with van der Waals surface area (Å²) in [5, 5.41) is 12.1. The molecule has 3 aliphatic heterocycles. The molecule has 0 aromatic carbocycles. The lowest BCUT2D eigenvalue weighted by molar-refractivity contribution is -0.302. The quantitative estimate of drug-likeness (QED) is 0.137. The third-order valence-electron chi connectivity index (χ3n) is 13.5. The first kappa shape index (κ1) is 51.1. The van der Waals surface area contributed by atoms with Gasteiger partial charge in [-0.3, -0.25) is 24.0 Å². The maximum absolute atomic E-state index is 14.6. The van der Waals surface area contributed by atoms with Gasteiger partial charge in [0.25, 0.3) is 11.7 Å². The Hall–Kier alpha value is -3.50. The molecule has 0 radical (unpaired) electrons. The summed E-state index contributed by atoms with van der Waals surface area (Å²) in [5.74, 6) is -8.83. The fourth-order valence-corrected chi connectivity index (χ4v) is 10.1. The average Bonchev–Trinajstić information content (AvgIpc) is 3.23. The van der Waals surface area contributed by atoms with Gasteiger partial charge < -0.3 is 43.2 Å². The van der Waals surface area contributed by atoms with Crippen LogP contribution in [0.5, 0.6) is 0 Å². The van der Waals surface area contributed by atoms with Crippen LogP contribution in [0.4, 0.5) is 0 Å². The molecule has 1 N–H and O–H groups in total. The van der Waals surface area contributed by atoms with Crippen molar-refractivity contribution in [1.82, 2.24) is 4.90 Å². The van der Waals surface area contributed by atoms with Crippen molar-refractivity contribution >= 4 is 35.4 Å². The Bertz CT molecular complexity index is 1660. The molecule has 15 nitrogen and oxygen atoms in total. The van der Waals surface area contributed by atoms with Gasteiger partial charge in [0, 0.05) is 65.9 Å². The van der Waals surface area contributed by atoms with Gasteiger partial charge in [0.15, 0.2) is 0 Å². The maximum atomic E-state index is 14.6. The Morgan fingerprint density at radius 2 is 1.47 bits per heavy atom. The second-order valence-corrected chi connectivity index (χ2v) is 18.3. The largest absolute Gasteiger partial charge is 0.462 e. The van der Waals surface area contributed by atoms with E-state index in [9.17, 15) is 33.9 Å². The first-order valence-electron chi connectivity index (χ1n) is 22.5. The van der Waals surface area contributed by atoms with E-state index in [0.717, 1.165) is 5.57 Å². The van der Waals surface area contributed by atoms with E-state index in [0.29, 0.717) is 56.9 Å². The Balaban J connectivity index is 1.82. The summed E-state index contributed by atoms with van der Waals surface area (Å²) in [7, 11) is 4.61. The zero-order valence-electron chi connectivity index (χ0n) is 38.8. The Morgan fingerprint density at radius 1 is 0.839 bits per heavy atom. The molecule has 0 spiro atoms. The van der Waals surface area contributed by atoms with Crippen LogP contribution in [0.1, 0.15) is 126 Å². The minimum Gasteiger partial charge on any atom is -0.462 e. The van der Waals surface area contributed by atoms with Gasteiger partial charge in [-0.15, -0.1) is 0 Å². The molecule has 1 saturated carbocycles. The molecule has 15 heteroatoms. The molecule has 14 atom stereocenters. The summed E-state index contributed by atoms with van der Waals surface area (Å²) in [6, 6.07) is -1.18. The molecule has 62 heavy (non-hydrogen) atoms. The van der Waals surface area contributed by atoms with Gasteiger partial charge in [0.05, 0.1) is 18.3 Å². The molecule has 350 valence electrons. The number of carbonyl (C=O) groups is 6. The van der Waals surface area contributed by atoms with Crippen molar-refractivity contribution in [2.75, 3.05) is 27.9 Å². The predicted molar refractivity (Wildman–Crippen MR) is 227 cm³/mol. The number of aliphatic hydroxyl groups is 1. The van der Waals surface area contributed by atoms with Crippen molar-refractivity contribution in [3.05, 3.63) is 23.3 Å². The molecule has 2 bridgehead atoms. The van der Waals surface area contributed by atoms with Crippen LogP contribution >= 0.6 is 0 Å². The molecule has 0 aromatic rings. The van der Waals surface area contributed by atoms with Crippen molar-refractivity contribution in [1.29, 1.82) is 0 Å². The van der Waals surface area contributed by atoms with Gasteiger partial charge in [0.1, 0.15) is 36.2 Å². The summed E-state index contributed by atoms with van der Waals surface area (Å²) in [4.78, 5) is 83.1. The second kappa shape index (κ2) is 22.9. The lowest BCUT2D eigenvalue weighted by Crippen LogP contribution is -2.64. The number of hydrogen-bond donors (Lipinski definition) is 1. The van der Waals surface area contributed by atoms with Crippen LogP contribution in [0.3, 0.4) is 0 Å². The van der Waals surface area contributed by atoms with Gasteiger partial charge in [-0.25, -0.2) is 4.79 Å². The van der Waals surface area contributed by atoms with Crippen LogP contribution < -0.4 is 0 Å². The van der Waals surface area contributed by atoms with Crippen molar-refractivity contribution in [2.24, 2.45) is 29.6 Å². The number of carbonyl (C=O) groups excluding carboxylic acids is 6. The van der Waals surface area contributed by atoms with E-state index < -0.39 is 95.8 Å². The second-order valence-electron chi connectivity index (χ2n) is 18.3. The summed E-state index contributed by atoms with van der Waals surface area (Å²) in [6.45, 7) is 13.8. The molecular formula is C47H73NO14. The monoisotopic (exact) mass is 876 g/mol. The molecule has 2 saturated heterocycles. The normalized spacial score (nSPS) is 38.5. The number of amides is 1. The van der Waals surface area contributed by atoms with E-state index in [4.69, 9.17) is 33.2 Å². The highest BCUT2D eigenvalue weighted by atomic mass is 16.7. The van der Waals surface area contributed by atoms with E-state index in [2.05, 4.69) is 0 Å². The molecule has 1 amide bonds. The number of methoxy groups -OCH3 is 3. The van der Waals surface area contributed by atoms with E-state index in [1.165, 1.54) is 33.0 Å². The summed E-state index contributed by atoms with van der Waals surface area (Å²) < 4.78 is 41.6. The number of rotatable bonds is 8. The first-order valence-corrected chi connectivity index (χ1v) is 22.5. The van der Waals surface area contributed by atoms with Crippen molar-refractivity contribution in [3.63, 3.8) is 0 Å².